The molecule has 143 valence electrons. The highest BCUT2D eigenvalue weighted by atomic mass is 31.2. The zero-order valence-electron chi connectivity index (χ0n) is 15.7. The van der Waals surface area contributed by atoms with Gasteiger partial charge in [0, 0.05) is 29.8 Å². The number of carbonyl (C=O) groups is 1. The normalized spacial score (nSPS) is 16.8. The number of para-hydroxylation sites is 2. The molecule has 1 radical (unpaired) electrons. The van der Waals surface area contributed by atoms with Gasteiger partial charge in [-0.25, -0.2) is 0 Å². The lowest BCUT2D eigenvalue weighted by Crippen LogP contribution is -2.27. The quantitative estimate of drug-likeness (QED) is 0.701. The number of rotatable bonds is 6. The van der Waals surface area contributed by atoms with Crippen molar-refractivity contribution < 1.29 is 14.8 Å². The van der Waals surface area contributed by atoms with E-state index in [4.69, 9.17) is 0 Å². The summed E-state index contributed by atoms with van der Waals surface area (Å²) < 4.78 is 3.99. The molecule has 27 heavy (non-hydrogen) atoms. The molecule has 0 unspecified atom stereocenters. The molecule has 1 heterocycles. The van der Waals surface area contributed by atoms with Crippen LogP contribution in [0.3, 0.4) is 0 Å². The summed E-state index contributed by atoms with van der Waals surface area (Å²) in [7, 11) is -3.06. The van der Waals surface area contributed by atoms with Gasteiger partial charge in [-0.05, 0) is 30.2 Å². The summed E-state index contributed by atoms with van der Waals surface area (Å²) in [5, 5.41) is 10.1. The maximum Gasteiger partial charge on any atom is 0.308 e. The predicted molar refractivity (Wildman–Crippen MR) is 112 cm³/mol. The van der Waals surface area contributed by atoms with Crippen LogP contribution >= 0.6 is 7.79 Å². The fraction of sp³-hybridized carbons (Fsp3) is 0.286. The van der Waals surface area contributed by atoms with E-state index in [1.54, 1.807) is 0 Å². The van der Waals surface area contributed by atoms with Crippen molar-refractivity contribution in [1.29, 1.82) is 0 Å². The van der Waals surface area contributed by atoms with E-state index in [0.717, 1.165) is 11.4 Å². The molecule has 2 aromatic rings. The fourth-order valence-corrected chi connectivity index (χ4v) is 6.87. The zero-order valence-corrected chi connectivity index (χ0v) is 16.6. The summed E-state index contributed by atoms with van der Waals surface area (Å²) in [5.41, 5.74) is 1.82. The van der Waals surface area contributed by atoms with Gasteiger partial charge < -0.3 is 19.3 Å². The van der Waals surface area contributed by atoms with E-state index in [1.165, 1.54) is 0 Å². The van der Waals surface area contributed by atoms with Crippen LogP contribution in [0.1, 0.15) is 20.3 Å². The first-order chi connectivity index (χ1) is 12.9. The molecule has 2 N–H and O–H groups in total. The molecule has 0 amide bonds. The van der Waals surface area contributed by atoms with Crippen LogP contribution in [-0.4, -0.2) is 29.1 Å². The lowest BCUT2D eigenvalue weighted by atomic mass is 10.2. The molecule has 6 heteroatoms. The number of carboxylic acid groups (broad SMARTS) is 1. The molecule has 0 bridgehead atoms. The molecule has 2 aromatic carbocycles. The van der Waals surface area contributed by atoms with Gasteiger partial charge >= 0.3 is 5.97 Å². The molecule has 1 saturated heterocycles. The Kier molecular flexibility index (Phi) is 5.83. The molecule has 1 aliphatic heterocycles. The number of carboxylic acids is 1. The number of benzene rings is 2. The molecule has 0 atom stereocenters. The van der Waals surface area contributed by atoms with Crippen LogP contribution in [-0.2, 0) is 4.79 Å². The van der Waals surface area contributed by atoms with Crippen LogP contribution in [0.25, 0.3) is 0 Å². The number of anilines is 2. The maximum absolute atomic E-state index is 12.1. The highest BCUT2D eigenvalue weighted by Crippen LogP contribution is 2.72. The Labute approximate surface area is 161 Å². The van der Waals surface area contributed by atoms with E-state index in [9.17, 15) is 14.8 Å². The smallest absolute Gasteiger partial charge is 0.308 e. The first-order valence-electron chi connectivity index (χ1n) is 9.14. The molecule has 5 nitrogen and oxygen atoms in total. The average molecular weight is 385 g/mol. The second-order valence-corrected chi connectivity index (χ2v) is 9.64. The van der Waals surface area contributed by atoms with Gasteiger partial charge in [-0.1, -0.05) is 56.3 Å². The first kappa shape index (κ1) is 19.4. The Balaban J connectivity index is 2.14. The Morgan fingerprint density at radius 2 is 1.44 bits per heavy atom. The standard InChI is InChI=1S/C21H26N2O3P/c1-17(2)15-20(16-21(24)25)27(26)22(18-9-5-3-6-10-18)13-14-23(27)19-11-7-4-8-12-19/h3-12,15,17,26H,13-14,16H2,1-2H3,(H,24,25)/b20-15+. The van der Waals surface area contributed by atoms with E-state index >= 15 is 0 Å². The van der Waals surface area contributed by atoms with Crippen molar-refractivity contribution in [3.63, 3.8) is 0 Å². The fourth-order valence-electron chi connectivity index (χ4n) is 3.49. The molecule has 1 aliphatic rings. The average Bonchev–Trinajstić information content (AvgIpc) is 3.00. The number of aliphatic carboxylic acids is 1. The van der Waals surface area contributed by atoms with Crippen LogP contribution < -0.4 is 9.34 Å². The minimum absolute atomic E-state index is 0.138. The van der Waals surface area contributed by atoms with Gasteiger partial charge in [0.2, 0.25) is 0 Å². The van der Waals surface area contributed by atoms with Crippen LogP contribution in [0.15, 0.2) is 72.1 Å². The van der Waals surface area contributed by atoms with Gasteiger partial charge in [0.05, 0.1) is 6.42 Å². The van der Waals surface area contributed by atoms with Crippen LogP contribution in [0.2, 0.25) is 0 Å². The lowest BCUT2D eigenvalue weighted by Gasteiger charge is -2.44. The van der Waals surface area contributed by atoms with Gasteiger partial charge in [0.1, 0.15) is 0 Å². The van der Waals surface area contributed by atoms with Crippen molar-refractivity contribution in [3.05, 3.63) is 72.1 Å². The highest BCUT2D eigenvalue weighted by Gasteiger charge is 2.48. The van der Waals surface area contributed by atoms with Crippen molar-refractivity contribution in [2.75, 3.05) is 22.4 Å². The zero-order chi connectivity index (χ0) is 19.4. The van der Waals surface area contributed by atoms with Crippen molar-refractivity contribution >= 4 is 25.1 Å². The summed E-state index contributed by atoms with van der Waals surface area (Å²) in [4.78, 5) is 23.7. The van der Waals surface area contributed by atoms with Gasteiger partial charge in [0.25, 0.3) is 0 Å². The highest BCUT2D eigenvalue weighted by molar-refractivity contribution is 7.77. The molecule has 0 saturated carbocycles. The largest absolute Gasteiger partial charge is 0.481 e. The van der Waals surface area contributed by atoms with Crippen molar-refractivity contribution in [2.45, 2.75) is 20.3 Å². The minimum atomic E-state index is -3.06. The van der Waals surface area contributed by atoms with Crippen LogP contribution in [0.5, 0.6) is 0 Å². The van der Waals surface area contributed by atoms with E-state index in [-0.39, 0.29) is 12.3 Å². The third-order valence-corrected chi connectivity index (χ3v) is 7.84. The number of allylic oxidation sites excluding steroid dienone is 1. The molecule has 0 aliphatic carbocycles. The van der Waals surface area contributed by atoms with E-state index in [2.05, 4.69) is 0 Å². The van der Waals surface area contributed by atoms with Gasteiger partial charge in [-0.3, -0.25) is 4.79 Å². The van der Waals surface area contributed by atoms with Gasteiger partial charge in [0.15, 0.2) is 7.79 Å². The molecule has 1 fully saturated rings. The predicted octanol–water partition coefficient (Wildman–Crippen LogP) is 4.78. The first-order valence-corrected chi connectivity index (χ1v) is 10.8. The summed E-state index contributed by atoms with van der Waals surface area (Å²) in [6.45, 7) is 5.28. The van der Waals surface area contributed by atoms with Crippen LogP contribution in [0.4, 0.5) is 11.4 Å². The molecule has 0 spiro atoms. The third-order valence-electron chi connectivity index (χ3n) is 4.55. The second kappa shape index (κ2) is 8.12. The Morgan fingerprint density at radius 3 is 1.81 bits per heavy atom. The monoisotopic (exact) mass is 385 g/mol. The molecular formula is C21H26N2O3P. The topological polar surface area (TPSA) is 64.0 Å². The van der Waals surface area contributed by atoms with Gasteiger partial charge in [-0.15, -0.1) is 0 Å². The van der Waals surface area contributed by atoms with Crippen molar-refractivity contribution in [3.8, 4) is 0 Å². The maximum atomic E-state index is 12.1. The van der Waals surface area contributed by atoms with Crippen molar-refractivity contribution in [2.24, 2.45) is 5.92 Å². The SMILES string of the molecule is CC(C)/C=C(\CC(=O)O)[P]1(O)N(c2ccccc2)CCN1c1ccccc1. The number of hydrogen-bond acceptors (Lipinski definition) is 4. The lowest BCUT2D eigenvalue weighted by molar-refractivity contribution is -0.136. The Morgan fingerprint density at radius 1 is 1.00 bits per heavy atom. The Hall–Kier alpha value is -2.36. The summed E-state index contributed by atoms with van der Waals surface area (Å²) in [5.74, 6) is -0.789. The van der Waals surface area contributed by atoms with E-state index in [1.807, 2.05) is 89.9 Å². The number of hydrogen-bond donors (Lipinski definition) is 2. The third kappa shape index (κ3) is 4.00. The second-order valence-electron chi connectivity index (χ2n) is 6.96. The number of nitrogens with zero attached hydrogens (tertiary/aromatic N) is 2. The molecule has 3 rings (SSSR count). The Bertz CT molecular complexity index is 761. The molecular weight excluding hydrogens is 359 g/mol. The molecule has 0 aromatic heterocycles. The minimum Gasteiger partial charge on any atom is -0.481 e. The summed E-state index contributed by atoms with van der Waals surface area (Å²) >= 11 is 0. The van der Waals surface area contributed by atoms with Gasteiger partial charge in [-0.2, -0.15) is 0 Å². The summed E-state index contributed by atoms with van der Waals surface area (Å²) in [6.07, 6.45) is 1.74. The van der Waals surface area contributed by atoms with Crippen molar-refractivity contribution in [1.82, 2.24) is 0 Å². The summed E-state index contributed by atoms with van der Waals surface area (Å²) in [6, 6.07) is 19.5. The van der Waals surface area contributed by atoms with E-state index < -0.39 is 13.8 Å². The van der Waals surface area contributed by atoms with E-state index in [0.29, 0.717) is 18.4 Å². The van der Waals surface area contributed by atoms with Crippen LogP contribution in [0, 0.1) is 5.92 Å².